The predicted molar refractivity (Wildman–Crippen MR) is 67.5 cm³/mol. The lowest BCUT2D eigenvalue weighted by molar-refractivity contribution is 0.0971. The smallest absolute Gasteiger partial charge is 0.184 e. The van der Waals surface area contributed by atoms with Gasteiger partial charge in [0.2, 0.25) is 0 Å². The Morgan fingerprint density at radius 2 is 2.06 bits per heavy atom. The van der Waals surface area contributed by atoms with Gasteiger partial charge >= 0.3 is 0 Å². The minimum atomic E-state index is -0.00361. The van der Waals surface area contributed by atoms with E-state index in [2.05, 4.69) is 4.98 Å². The summed E-state index contributed by atoms with van der Waals surface area (Å²) in [6, 6.07) is 7.08. The number of nitrogens with zero attached hydrogens (tertiary/aromatic N) is 2. The quantitative estimate of drug-likeness (QED) is 0.783. The molecule has 0 radical (unpaired) electrons. The van der Waals surface area contributed by atoms with Gasteiger partial charge in [-0.25, -0.2) is 4.98 Å². The van der Waals surface area contributed by atoms with E-state index >= 15 is 0 Å². The summed E-state index contributed by atoms with van der Waals surface area (Å²) in [4.78, 5) is 16.2. The van der Waals surface area contributed by atoms with Crippen LogP contribution < -0.4 is 0 Å². The van der Waals surface area contributed by atoms with E-state index in [9.17, 15) is 4.79 Å². The average molecular weight is 249 g/mol. The Bertz CT molecular complexity index is 560. The molecule has 2 rings (SSSR count). The Morgan fingerprint density at radius 1 is 1.35 bits per heavy atom. The number of hydrogen-bond donors (Lipinski definition) is 0. The lowest BCUT2D eigenvalue weighted by Gasteiger charge is -2.06. The van der Waals surface area contributed by atoms with Crippen molar-refractivity contribution in [3.8, 4) is 0 Å². The number of benzene rings is 1. The predicted octanol–water partition coefficient (Wildman–Crippen LogP) is 3.04. The fourth-order valence-corrected chi connectivity index (χ4v) is 1.87. The van der Waals surface area contributed by atoms with Crippen molar-refractivity contribution in [2.75, 3.05) is 0 Å². The van der Waals surface area contributed by atoms with Gasteiger partial charge in [0.05, 0.1) is 23.6 Å². The third kappa shape index (κ3) is 2.39. The summed E-state index contributed by atoms with van der Waals surface area (Å²) in [7, 11) is 0. The lowest BCUT2D eigenvalue weighted by Crippen LogP contribution is -2.11. The van der Waals surface area contributed by atoms with E-state index in [0.717, 1.165) is 11.4 Å². The van der Waals surface area contributed by atoms with Crippen molar-refractivity contribution >= 4 is 17.4 Å². The number of halogens is 1. The molecule has 0 unspecified atom stereocenters. The second-order valence-corrected chi connectivity index (χ2v) is 4.35. The van der Waals surface area contributed by atoms with Gasteiger partial charge in [-0.15, -0.1) is 0 Å². The zero-order chi connectivity index (χ0) is 12.4. The summed E-state index contributed by atoms with van der Waals surface area (Å²) in [5.74, 6) is -0.00361. The summed E-state index contributed by atoms with van der Waals surface area (Å²) in [6.45, 7) is 4.14. The van der Waals surface area contributed by atoms with Gasteiger partial charge in [-0.05, 0) is 26.0 Å². The average Bonchev–Trinajstić information content (AvgIpc) is 2.61. The van der Waals surface area contributed by atoms with E-state index < -0.39 is 0 Å². The molecule has 0 aliphatic heterocycles. The monoisotopic (exact) mass is 248 g/mol. The van der Waals surface area contributed by atoms with Crippen molar-refractivity contribution in [2.24, 2.45) is 0 Å². The molecule has 3 nitrogen and oxygen atoms in total. The fourth-order valence-electron chi connectivity index (χ4n) is 1.63. The van der Waals surface area contributed by atoms with Gasteiger partial charge in [-0.3, -0.25) is 4.79 Å². The molecule has 1 heterocycles. The van der Waals surface area contributed by atoms with Crippen LogP contribution in [-0.4, -0.2) is 15.3 Å². The number of hydrogen-bond acceptors (Lipinski definition) is 2. The molecule has 0 N–H and O–H groups in total. The zero-order valence-corrected chi connectivity index (χ0v) is 10.5. The zero-order valence-electron chi connectivity index (χ0n) is 9.77. The highest BCUT2D eigenvalue weighted by molar-refractivity contribution is 6.33. The van der Waals surface area contributed by atoms with Crippen LogP contribution in [0.5, 0.6) is 0 Å². The summed E-state index contributed by atoms with van der Waals surface area (Å²) in [5.41, 5.74) is 2.50. The van der Waals surface area contributed by atoms with E-state index in [-0.39, 0.29) is 12.3 Å². The van der Waals surface area contributed by atoms with Crippen LogP contribution in [0.4, 0.5) is 0 Å². The van der Waals surface area contributed by atoms with E-state index in [1.54, 1.807) is 18.5 Å². The van der Waals surface area contributed by atoms with Gasteiger partial charge in [0.15, 0.2) is 5.78 Å². The van der Waals surface area contributed by atoms with E-state index in [0.29, 0.717) is 10.6 Å². The molecule has 0 amide bonds. The molecule has 0 saturated carbocycles. The van der Waals surface area contributed by atoms with Crippen LogP contribution in [-0.2, 0) is 6.54 Å². The number of aromatic nitrogens is 2. The Kier molecular flexibility index (Phi) is 3.29. The molecule has 17 heavy (non-hydrogen) atoms. The molecule has 0 aliphatic rings. The van der Waals surface area contributed by atoms with E-state index in [1.807, 2.05) is 30.5 Å². The molecule has 0 saturated heterocycles. The Balaban J connectivity index is 2.23. The first-order valence-electron chi connectivity index (χ1n) is 5.35. The van der Waals surface area contributed by atoms with Gasteiger partial charge < -0.3 is 4.57 Å². The standard InChI is InChI=1S/C13H13ClN2O/c1-9-10(2)16(8-15-9)7-13(17)11-5-3-4-6-12(11)14/h3-6,8H,7H2,1-2H3. The van der Waals surface area contributed by atoms with Crippen molar-refractivity contribution < 1.29 is 4.79 Å². The molecule has 0 bridgehead atoms. The third-order valence-corrected chi connectivity index (χ3v) is 3.16. The number of carbonyl (C=O) groups excluding carboxylic acids is 1. The molecule has 4 heteroatoms. The van der Waals surface area contributed by atoms with Crippen LogP contribution in [0.3, 0.4) is 0 Å². The lowest BCUT2D eigenvalue weighted by atomic mass is 10.1. The van der Waals surface area contributed by atoms with Crippen LogP contribution in [0.25, 0.3) is 0 Å². The Labute approximate surface area is 105 Å². The molecular formula is C13H13ClN2O. The van der Waals surface area contributed by atoms with Gasteiger partial charge in [0, 0.05) is 11.3 Å². The number of Topliss-reactive ketones (excluding diaryl/α,β-unsaturated/α-hetero) is 1. The van der Waals surface area contributed by atoms with Crippen LogP contribution in [0.15, 0.2) is 30.6 Å². The topological polar surface area (TPSA) is 34.9 Å². The minimum absolute atomic E-state index is 0.00361. The number of rotatable bonds is 3. The van der Waals surface area contributed by atoms with Crippen molar-refractivity contribution in [3.63, 3.8) is 0 Å². The third-order valence-electron chi connectivity index (χ3n) is 2.83. The molecule has 2 aromatic rings. The molecule has 0 aliphatic carbocycles. The molecule has 88 valence electrons. The van der Waals surface area contributed by atoms with Crippen molar-refractivity contribution in [1.82, 2.24) is 9.55 Å². The molecule has 1 aromatic heterocycles. The Hall–Kier alpha value is -1.61. The number of aryl methyl sites for hydroxylation is 1. The van der Waals surface area contributed by atoms with Gasteiger partial charge in [0.1, 0.15) is 0 Å². The Morgan fingerprint density at radius 3 is 2.65 bits per heavy atom. The van der Waals surface area contributed by atoms with Gasteiger partial charge in [-0.2, -0.15) is 0 Å². The van der Waals surface area contributed by atoms with Crippen LogP contribution in [0.2, 0.25) is 5.02 Å². The second kappa shape index (κ2) is 4.72. The normalized spacial score (nSPS) is 10.5. The van der Waals surface area contributed by atoms with Crippen LogP contribution in [0.1, 0.15) is 21.7 Å². The molecule has 0 fully saturated rings. The maximum Gasteiger partial charge on any atom is 0.184 e. The van der Waals surface area contributed by atoms with Gasteiger partial charge in [-0.1, -0.05) is 23.7 Å². The van der Waals surface area contributed by atoms with Crippen molar-refractivity contribution in [1.29, 1.82) is 0 Å². The summed E-state index contributed by atoms with van der Waals surface area (Å²) in [6.07, 6.45) is 1.68. The van der Waals surface area contributed by atoms with E-state index in [4.69, 9.17) is 11.6 Å². The highest BCUT2D eigenvalue weighted by Gasteiger charge is 2.12. The first-order valence-corrected chi connectivity index (χ1v) is 5.73. The molecule has 1 aromatic carbocycles. The maximum absolute atomic E-state index is 12.1. The van der Waals surface area contributed by atoms with Crippen molar-refractivity contribution in [2.45, 2.75) is 20.4 Å². The van der Waals surface area contributed by atoms with Gasteiger partial charge in [0.25, 0.3) is 0 Å². The fraction of sp³-hybridized carbons (Fsp3) is 0.231. The summed E-state index contributed by atoms with van der Waals surface area (Å²) < 4.78 is 1.83. The first kappa shape index (κ1) is 11.9. The maximum atomic E-state index is 12.1. The summed E-state index contributed by atoms with van der Waals surface area (Å²) >= 11 is 5.98. The molecular weight excluding hydrogens is 236 g/mol. The number of ketones is 1. The largest absolute Gasteiger partial charge is 0.327 e. The SMILES string of the molecule is Cc1ncn(CC(=O)c2ccccc2Cl)c1C. The highest BCUT2D eigenvalue weighted by atomic mass is 35.5. The summed E-state index contributed by atoms with van der Waals surface area (Å²) in [5, 5.41) is 0.493. The number of imidazole rings is 1. The van der Waals surface area contributed by atoms with Crippen molar-refractivity contribution in [3.05, 3.63) is 52.6 Å². The number of carbonyl (C=O) groups is 1. The van der Waals surface area contributed by atoms with E-state index in [1.165, 1.54) is 0 Å². The molecule has 0 spiro atoms. The minimum Gasteiger partial charge on any atom is -0.327 e. The molecule has 0 atom stereocenters. The van der Waals surface area contributed by atoms with Crippen LogP contribution in [0, 0.1) is 13.8 Å². The highest BCUT2D eigenvalue weighted by Crippen LogP contribution is 2.16. The van der Waals surface area contributed by atoms with Crippen LogP contribution >= 0.6 is 11.6 Å². The first-order chi connectivity index (χ1) is 8.09. The second-order valence-electron chi connectivity index (χ2n) is 3.95.